The third kappa shape index (κ3) is 3.30. The van der Waals surface area contributed by atoms with Gasteiger partial charge in [-0.25, -0.2) is 9.07 Å². The molecule has 0 amide bonds. The molecule has 0 unspecified atom stereocenters. The number of halogens is 1. The SMILES string of the molecule is Cc1cc(=O)c(CNC(C)C)nn1-c1ccc(F)cc1. The molecule has 0 saturated heterocycles. The predicted octanol–water partition coefficient (Wildman–Crippen LogP) is 2.18. The summed E-state index contributed by atoms with van der Waals surface area (Å²) in [6, 6.07) is 7.85. The second-order valence-corrected chi connectivity index (χ2v) is 5.02. The van der Waals surface area contributed by atoms with Gasteiger partial charge in [-0.3, -0.25) is 4.79 Å². The molecule has 5 heteroatoms. The van der Waals surface area contributed by atoms with E-state index in [0.29, 0.717) is 12.2 Å². The molecule has 106 valence electrons. The molecule has 1 aromatic carbocycles. The molecule has 0 spiro atoms. The van der Waals surface area contributed by atoms with E-state index in [0.717, 1.165) is 11.4 Å². The molecule has 4 nitrogen and oxygen atoms in total. The first-order valence-electron chi connectivity index (χ1n) is 6.56. The van der Waals surface area contributed by atoms with Crippen molar-refractivity contribution in [1.29, 1.82) is 0 Å². The molecule has 1 aromatic heterocycles. The Kier molecular flexibility index (Phi) is 4.29. The Morgan fingerprint density at radius 3 is 2.55 bits per heavy atom. The van der Waals surface area contributed by atoms with E-state index in [1.54, 1.807) is 29.8 Å². The van der Waals surface area contributed by atoms with Crippen molar-refractivity contribution in [3.8, 4) is 5.69 Å². The molecule has 1 heterocycles. The standard InChI is InChI=1S/C15H18FN3O/c1-10(2)17-9-14-15(20)8-11(3)19(18-14)13-6-4-12(16)5-7-13/h4-8,10,17H,9H2,1-3H3. The average Bonchev–Trinajstić information content (AvgIpc) is 2.39. The van der Waals surface area contributed by atoms with Crippen LogP contribution in [0.5, 0.6) is 0 Å². The minimum Gasteiger partial charge on any atom is -0.309 e. The van der Waals surface area contributed by atoms with E-state index in [9.17, 15) is 9.18 Å². The third-order valence-corrected chi connectivity index (χ3v) is 2.93. The van der Waals surface area contributed by atoms with E-state index in [-0.39, 0.29) is 17.3 Å². The van der Waals surface area contributed by atoms with Crippen molar-refractivity contribution in [2.75, 3.05) is 0 Å². The lowest BCUT2D eigenvalue weighted by Crippen LogP contribution is -2.28. The average molecular weight is 275 g/mol. The van der Waals surface area contributed by atoms with E-state index in [4.69, 9.17) is 0 Å². The Morgan fingerprint density at radius 1 is 1.30 bits per heavy atom. The van der Waals surface area contributed by atoms with Crippen LogP contribution < -0.4 is 10.7 Å². The van der Waals surface area contributed by atoms with Crippen LogP contribution in [0.4, 0.5) is 4.39 Å². The van der Waals surface area contributed by atoms with E-state index < -0.39 is 0 Å². The van der Waals surface area contributed by atoms with Gasteiger partial charge in [-0.15, -0.1) is 0 Å². The summed E-state index contributed by atoms with van der Waals surface area (Å²) < 4.78 is 14.6. The fraction of sp³-hybridized carbons (Fsp3) is 0.333. The van der Waals surface area contributed by atoms with Crippen LogP contribution in [0.15, 0.2) is 35.1 Å². The second-order valence-electron chi connectivity index (χ2n) is 5.02. The highest BCUT2D eigenvalue weighted by Crippen LogP contribution is 2.09. The van der Waals surface area contributed by atoms with Gasteiger partial charge in [0.25, 0.3) is 0 Å². The first kappa shape index (κ1) is 14.4. The van der Waals surface area contributed by atoms with Crippen LogP contribution in [-0.4, -0.2) is 15.8 Å². The second kappa shape index (κ2) is 5.96. The number of aromatic nitrogens is 2. The third-order valence-electron chi connectivity index (χ3n) is 2.93. The molecule has 0 saturated carbocycles. The molecule has 0 radical (unpaired) electrons. The Labute approximate surface area is 117 Å². The van der Waals surface area contributed by atoms with Crippen LogP contribution in [0.1, 0.15) is 25.2 Å². The number of nitrogens with one attached hydrogen (secondary N) is 1. The summed E-state index contributed by atoms with van der Waals surface area (Å²) >= 11 is 0. The molecule has 2 aromatic rings. The van der Waals surface area contributed by atoms with Crippen molar-refractivity contribution < 1.29 is 4.39 Å². The summed E-state index contributed by atoms with van der Waals surface area (Å²) in [5.74, 6) is -0.297. The molecule has 0 fully saturated rings. The van der Waals surface area contributed by atoms with Gasteiger partial charge in [0.1, 0.15) is 11.5 Å². The molecule has 0 aliphatic carbocycles. The number of nitrogens with zero attached hydrogens (tertiary/aromatic N) is 2. The quantitative estimate of drug-likeness (QED) is 0.930. The maximum atomic E-state index is 13.0. The summed E-state index contributed by atoms with van der Waals surface area (Å²) in [4.78, 5) is 11.9. The molecular formula is C15H18FN3O. The summed E-state index contributed by atoms with van der Waals surface area (Å²) in [6.07, 6.45) is 0. The minimum absolute atomic E-state index is 0.0889. The number of aryl methyl sites for hydroxylation is 1. The summed E-state index contributed by atoms with van der Waals surface area (Å²) in [7, 11) is 0. The lowest BCUT2D eigenvalue weighted by molar-refractivity contribution is 0.568. The van der Waals surface area contributed by atoms with Gasteiger partial charge in [-0.05, 0) is 31.2 Å². The summed E-state index contributed by atoms with van der Waals surface area (Å²) in [6.45, 7) is 6.23. The number of hydrogen-bond acceptors (Lipinski definition) is 3. The Hall–Kier alpha value is -2.01. The van der Waals surface area contributed by atoms with Gasteiger partial charge in [-0.2, -0.15) is 5.10 Å². The van der Waals surface area contributed by atoms with E-state index in [1.807, 2.05) is 13.8 Å². The van der Waals surface area contributed by atoms with E-state index in [2.05, 4.69) is 10.4 Å². The smallest absolute Gasteiger partial charge is 0.204 e. The first-order valence-corrected chi connectivity index (χ1v) is 6.56. The molecule has 0 aliphatic heterocycles. The Balaban J connectivity index is 2.40. The molecule has 0 aliphatic rings. The normalized spacial score (nSPS) is 11.1. The zero-order valence-electron chi connectivity index (χ0n) is 11.9. The van der Waals surface area contributed by atoms with Gasteiger partial charge in [-0.1, -0.05) is 13.8 Å². The monoisotopic (exact) mass is 275 g/mol. The van der Waals surface area contributed by atoms with Gasteiger partial charge >= 0.3 is 0 Å². The summed E-state index contributed by atoms with van der Waals surface area (Å²) in [5.41, 5.74) is 1.81. The molecule has 0 atom stereocenters. The van der Waals surface area contributed by atoms with Crippen molar-refractivity contribution >= 4 is 0 Å². The maximum absolute atomic E-state index is 13.0. The van der Waals surface area contributed by atoms with Crippen molar-refractivity contribution in [3.63, 3.8) is 0 Å². The van der Waals surface area contributed by atoms with Gasteiger partial charge < -0.3 is 5.32 Å². The molecule has 2 rings (SSSR count). The number of benzene rings is 1. The van der Waals surface area contributed by atoms with Crippen LogP contribution in [0, 0.1) is 12.7 Å². The highest BCUT2D eigenvalue weighted by molar-refractivity contribution is 5.32. The van der Waals surface area contributed by atoms with Crippen molar-refractivity contribution in [2.24, 2.45) is 0 Å². The first-order chi connectivity index (χ1) is 9.47. The van der Waals surface area contributed by atoms with Crippen LogP contribution in [0.25, 0.3) is 5.69 Å². The van der Waals surface area contributed by atoms with E-state index >= 15 is 0 Å². The molecule has 20 heavy (non-hydrogen) atoms. The largest absolute Gasteiger partial charge is 0.309 e. The highest BCUT2D eigenvalue weighted by Gasteiger charge is 2.08. The Morgan fingerprint density at radius 2 is 1.95 bits per heavy atom. The fourth-order valence-corrected chi connectivity index (χ4v) is 1.85. The zero-order valence-corrected chi connectivity index (χ0v) is 11.9. The highest BCUT2D eigenvalue weighted by atomic mass is 19.1. The molecule has 1 N–H and O–H groups in total. The lowest BCUT2D eigenvalue weighted by Gasteiger charge is -2.12. The molecule has 0 bridgehead atoms. The van der Waals surface area contributed by atoms with E-state index in [1.165, 1.54) is 12.1 Å². The fourth-order valence-electron chi connectivity index (χ4n) is 1.85. The van der Waals surface area contributed by atoms with Gasteiger partial charge in [0.05, 0.1) is 5.69 Å². The number of rotatable bonds is 4. The van der Waals surface area contributed by atoms with Crippen LogP contribution in [-0.2, 0) is 6.54 Å². The van der Waals surface area contributed by atoms with Gasteiger partial charge in [0, 0.05) is 24.3 Å². The maximum Gasteiger partial charge on any atom is 0.204 e. The predicted molar refractivity (Wildman–Crippen MR) is 76.5 cm³/mol. The Bertz CT molecular complexity index is 647. The molecular weight excluding hydrogens is 257 g/mol. The van der Waals surface area contributed by atoms with Crippen LogP contribution in [0.3, 0.4) is 0 Å². The zero-order chi connectivity index (χ0) is 14.7. The summed E-state index contributed by atoms with van der Waals surface area (Å²) in [5, 5.41) is 7.54. The van der Waals surface area contributed by atoms with Crippen molar-refractivity contribution in [1.82, 2.24) is 15.1 Å². The van der Waals surface area contributed by atoms with Crippen molar-refractivity contribution in [3.05, 3.63) is 57.8 Å². The van der Waals surface area contributed by atoms with Crippen molar-refractivity contribution in [2.45, 2.75) is 33.4 Å². The van der Waals surface area contributed by atoms with Gasteiger partial charge in [0.2, 0.25) is 5.43 Å². The van der Waals surface area contributed by atoms with Gasteiger partial charge in [0.15, 0.2) is 0 Å². The number of hydrogen-bond donors (Lipinski definition) is 1. The minimum atomic E-state index is -0.297. The van der Waals surface area contributed by atoms with Crippen LogP contribution >= 0.6 is 0 Å². The lowest BCUT2D eigenvalue weighted by atomic mass is 10.2. The topological polar surface area (TPSA) is 46.9 Å². The van der Waals surface area contributed by atoms with Crippen LogP contribution in [0.2, 0.25) is 0 Å².